The van der Waals surface area contributed by atoms with Crippen molar-refractivity contribution in [2.24, 2.45) is 0 Å². The van der Waals surface area contributed by atoms with E-state index >= 15 is 0 Å². The van der Waals surface area contributed by atoms with Crippen molar-refractivity contribution in [2.75, 3.05) is 45.9 Å². The molecule has 1 aliphatic rings. The number of rotatable bonds is 7. The molecule has 0 unspecified atom stereocenters. The molecule has 0 spiro atoms. The zero-order valence-corrected chi connectivity index (χ0v) is 12.8. The van der Waals surface area contributed by atoms with Crippen molar-refractivity contribution < 1.29 is 9.53 Å². The van der Waals surface area contributed by atoms with Gasteiger partial charge < -0.3 is 9.64 Å². The maximum absolute atomic E-state index is 12.3. The Hall–Kier alpha value is -1.46. The highest BCUT2D eigenvalue weighted by Gasteiger charge is 2.15. The van der Waals surface area contributed by atoms with Gasteiger partial charge in [0.2, 0.25) is 5.91 Å². The highest BCUT2D eigenvalue weighted by Crippen LogP contribution is 2.04. The molecule has 5 nitrogen and oxygen atoms in total. The molecule has 0 N–H and O–H groups in total. The largest absolute Gasteiger partial charge is 0.379 e. The monoisotopic (exact) mass is 291 g/mol. The van der Waals surface area contributed by atoms with E-state index in [9.17, 15) is 4.79 Å². The van der Waals surface area contributed by atoms with E-state index in [1.165, 1.54) is 5.56 Å². The van der Waals surface area contributed by atoms with Crippen LogP contribution in [0.15, 0.2) is 24.5 Å². The number of likely N-dealkylation sites (N-methyl/N-ethyl adjacent to an activating group) is 1. The standard InChI is InChI=1S/C16H25N3O2/c1-2-19(10-5-15-3-7-17-8-4-15)16(20)6-9-18-11-13-21-14-12-18/h3-4,7-8H,2,5-6,9-14H2,1H3. The molecular formula is C16H25N3O2. The van der Waals surface area contributed by atoms with Gasteiger partial charge in [-0.2, -0.15) is 0 Å². The van der Waals surface area contributed by atoms with E-state index in [-0.39, 0.29) is 5.91 Å². The Morgan fingerprint density at radius 2 is 2.05 bits per heavy atom. The molecule has 0 atom stereocenters. The number of pyridine rings is 1. The zero-order chi connectivity index (χ0) is 14.9. The molecule has 1 aromatic rings. The van der Waals surface area contributed by atoms with Crippen LogP contribution in [-0.4, -0.2) is 66.6 Å². The van der Waals surface area contributed by atoms with E-state index in [1.54, 1.807) is 12.4 Å². The van der Waals surface area contributed by atoms with Crippen molar-refractivity contribution in [3.05, 3.63) is 30.1 Å². The van der Waals surface area contributed by atoms with Gasteiger partial charge in [-0.1, -0.05) is 0 Å². The Bertz CT molecular complexity index is 419. The molecule has 0 radical (unpaired) electrons. The lowest BCUT2D eigenvalue weighted by Gasteiger charge is -2.27. The topological polar surface area (TPSA) is 45.7 Å². The molecule has 0 saturated carbocycles. The number of aromatic nitrogens is 1. The fraction of sp³-hybridized carbons (Fsp3) is 0.625. The first kappa shape index (κ1) is 15.9. The highest BCUT2D eigenvalue weighted by molar-refractivity contribution is 5.76. The molecule has 0 aliphatic carbocycles. The Morgan fingerprint density at radius 3 is 2.71 bits per heavy atom. The molecule has 21 heavy (non-hydrogen) atoms. The zero-order valence-electron chi connectivity index (χ0n) is 12.8. The van der Waals surface area contributed by atoms with Gasteiger partial charge in [-0.25, -0.2) is 0 Å². The predicted octanol–water partition coefficient (Wildman–Crippen LogP) is 1.19. The molecule has 116 valence electrons. The lowest BCUT2D eigenvalue weighted by molar-refractivity contribution is -0.131. The number of carbonyl (C=O) groups excluding carboxylic acids is 1. The quantitative estimate of drug-likeness (QED) is 0.757. The van der Waals surface area contributed by atoms with Crippen LogP contribution in [-0.2, 0) is 16.0 Å². The molecule has 0 bridgehead atoms. The van der Waals surface area contributed by atoms with Crippen molar-refractivity contribution >= 4 is 5.91 Å². The summed E-state index contributed by atoms with van der Waals surface area (Å²) in [4.78, 5) is 20.6. The van der Waals surface area contributed by atoms with Crippen molar-refractivity contribution in [3.63, 3.8) is 0 Å². The average molecular weight is 291 g/mol. The van der Waals surface area contributed by atoms with Gasteiger partial charge in [-0.05, 0) is 31.0 Å². The van der Waals surface area contributed by atoms with E-state index in [0.29, 0.717) is 6.42 Å². The van der Waals surface area contributed by atoms with Gasteiger partial charge in [0.15, 0.2) is 0 Å². The number of hydrogen-bond donors (Lipinski definition) is 0. The van der Waals surface area contributed by atoms with Gasteiger partial charge in [0.25, 0.3) is 0 Å². The fourth-order valence-electron chi connectivity index (χ4n) is 2.51. The first-order chi connectivity index (χ1) is 10.3. The van der Waals surface area contributed by atoms with Crippen LogP contribution in [0.3, 0.4) is 0 Å². The van der Waals surface area contributed by atoms with E-state index in [0.717, 1.165) is 52.4 Å². The second-order valence-electron chi connectivity index (χ2n) is 5.28. The van der Waals surface area contributed by atoms with Crippen molar-refractivity contribution in [1.82, 2.24) is 14.8 Å². The molecule has 2 rings (SSSR count). The van der Waals surface area contributed by atoms with Crippen molar-refractivity contribution in [2.45, 2.75) is 19.8 Å². The maximum atomic E-state index is 12.3. The van der Waals surface area contributed by atoms with Crippen LogP contribution in [0.25, 0.3) is 0 Å². The Morgan fingerprint density at radius 1 is 1.33 bits per heavy atom. The fourth-order valence-corrected chi connectivity index (χ4v) is 2.51. The Balaban J connectivity index is 1.73. The molecule has 1 aromatic heterocycles. The van der Waals surface area contributed by atoms with Crippen LogP contribution in [0.5, 0.6) is 0 Å². The normalized spacial score (nSPS) is 15.9. The molecule has 2 heterocycles. The number of nitrogens with zero attached hydrogens (tertiary/aromatic N) is 3. The summed E-state index contributed by atoms with van der Waals surface area (Å²) in [5.41, 5.74) is 1.23. The minimum absolute atomic E-state index is 0.248. The van der Waals surface area contributed by atoms with E-state index in [4.69, 9.17) is 4.74 Å². The number of amides is 1. The average Bonchev–Trinajstić information content (AvgIpc) is 2.55. The smallest absolute Gasteiger partial charge is 0.223 e. The van der Waals surface area contributed by atoms with Gasteiger partial charge in [-0.15, -0.1) is 0 Å². The molecular weight excluding hydrogens is 266 g/mol. The van der Waals surface area contributed by atoms with Gasteiger partial charge >= 0.3 is 0 Å². The van der Waals surface area contributed by atoms with E-state index in [2.05, 4.69) is 9.88 Å². The minimum atomic E-state index is 0.248. The van der Waals surface area contributed by atoms with Gasteiger partial charge in [-0.3, -0.25) is 14.7 Å². The van der Waals surface area contributed by atoms with Gasteiger partial charge in [0.05, 0.1) is 13.2 Å². The third-order valence-corrected chi connectivity index (χ3v) is 3.90. The number of ether oxygens (including phenoxy) is 1. The summed E-state index contributed by atoms with van der Waals surface area (Å²) in [5.74, 6) is 0.248. The first-order valence-electron chi connectivity index (χ1n) is 7.76. The van der Waals surface area contributed by atoms with Crippen LogP contribution >= 0.6 is 0 Å². The summed E-state index contributed by atoms with van der Waals surface area (Å²) >= 11 is 0. The summed E-state index contributed by atoms with van der Waals surface area (Å²) in [7, 11) is 0. The lowest BCUT2D eigenvalue weighted by atomic mass is 10.2. The summed E-state index contributed by atoms with van der Waals surface area (Å²) < 4.78 is 5.32. The van der Waals surface area contributed by atoms with Crippen LogP contribution in [0.2, 0.25) is 0 Å². The summed E-state index contributed by atoms with van der Waals surface area (Å²) in [5, 5.41) is 0. The molecule has 5 heteroatoms. The second-order valence-corrected chi connectivity index (χ2v) is 5.28. The number of morpholine rings is 1. The summed E-state index contributed by atoms with van der Waals surface area (Å²) in [6.45, 7) is 7.89. The summed E-state index contributed by atoms with van der Waals surface area (Å²) in [6.07, 6.45) is 5.08. The minimum Gasteiger partial charge on any atom is -0.379 e. The second kappa shape index (κ2) is 8.74. The maximum Gasteiger partial charge on any atom is 0.223 e. The van der Waals surface area contributed by atoms with Crippen LogP contribution in [0.4, 0.5) is 0 Å². The van der Waals surface area contributed by atoms with Crippen LogP contribution in [0, 0.1) is 0 Å². The van der Waals surface area contributed by atoms with Gasteiger partial charge in [0, 0.05) is 51.5 Å². The highest BCUT2D eigenvalue weighted by atomic mass is 16.5. The van der Waals surface area contributed by atoms with E-state index in [1.807, 2.05) is 24.0 Å². The van der Waals surface area contributed by atoms with Crippen molar-refractivity contribution in [1.29, 1.82) is 0 Å². The van der Waals surface area contributed by atoms with Crippen LogP contribution in [0.1, 0.15) is 18.9 Å². The third kappa shape index (κ3) is 5.44. The molecule has 0 aromatic carbocycles. The Kier molecular flexibility index (Phi) is 6.63. The summed E-state index contributed by atoms with van der Waals surface area (Å²) in [6, 6.07) is 4.01. The Labute approximate surface area is 126 Å². The van der Waals surface area contributed by atoms with Crippen LogP contribution < -0.4 is 0 Å². The molecule has 1 amide bonds. The number of hydrogen-bond acceptors (Lipinski definition) is 4. The molecule has 1 aliphatic heterocycles. The lowest BCUT2D eigenvalue weighted by Crippen LogP contribution is -2.40. The predicted molar refractivity (Wildman–Crippen MR) is 82.1 cm³/mol. The van der Waals surface area contributed by atoms with E-state index < -0.39 is 0 Å². The molecule has 1 saturated heterocycles. The number of carbonyl (C=O) groups is 1. The third-order valence-electron chi connectivity index (χ3n) is 3.90. The molecule has 1 fully saturated rings. The van der Waals surface area contributed by atoms with Gasteiger partial charge in [0.1, 0.15) is 0 Å². The van der Waals surface area contributed by atoms with Crippen molar-refractivity contribution in [3.8, 4) is 0 Å². The first-order valence-corrected chi connectivity index (χ1v) is 7.76. The SMILES string of the molecule is CCN(CCc1ccncc1)C(=O)CCN1CCOCC1.